The van der Waals surface area contributed by atoms with Crippen LogP contribution in [0, 0.1) is 0 Å². The highest BCUT2D eigenvalue weighted by atomic mass is 16.3. The number of nitrogens with two attached hydrogens (primary N) is 1. The first-order valence-corrected chi connectivity index (χ1v) is 2.55. The highest BCUT2D eigenvalue weighted by Crippen LogP contribution is 2.03. The van der Waals surface area contributed by atoms with Crippen LogP contribution in [0.15, 0.2) is 0 Å². The van der Waals surface area contributed by atoms with E-state index >= 15 is 0 Å². The lowest BCUT2D eigenvalue weighted by atomic mass is 10.1. The van der Waals surface area contributed by atoms with Crippen molar-refractivity contribution in [2.75, 3.05) is 6.54 Å². The van der Waals surface area contributed by atoms with Crippen LogP contribution >= 0.6 is 0 Å². The summed E-state index contributed by atoms with van der Waals surface area (Å²) in [5.41, 5.74) is 4.53. The maximum absolute atomic E-state index is 9.01. The molecule has 2 heteroatoms. The molecule has 0 amide bonds. The van der Waals surface area contributed by atoms with E-state index in [4.69, 9.17) is 10.8 Å². The Hall–Kier alpha value is -0.0800. The molecule has 0 rings (SSSR count). The lowest BCUT2D eigenvalue weighted by Crippen LogP contribution is -2.32. The molecule has 0 spiro atoms. The van der Waals surface area contributed by atoms with Crippen LogP contribution in [0.4, 0.5) is 0 Å². The summed E-state index contributed by atoms with van der Waals surface area (Å²) in [5.74, 6) is 0. The van der Waals surface area contributed by atoms with E-state index in [0.29, 0.717) is 6.54 Å². The number of hydrogen-bond donors (Lipinski definition) is 2. The molecule has 3 N–H and O–H groups in total. The first kappa shape index (κ1) is 6.92. The van der Waals surface area contributed by atoms with Gasteiger partial charge < -0.3 is 10.8 Å². The summed E-state index contributed by atoms with van der Waals surface area (Å²) in [6.45, 7) is 3.99. The molecule has 0 aliphatic heterocycles. The van der Waals surface area contributed by atoms with Crippen LogP contribution < -0.4 is 5.73 Å². The topological polar surface area (TPSA) is 46.2 Å². The normalized spacial score (nSPS) is 18.9. The molecule has 44 valence electrons. The van der Waals surface area contributed by atoms with Gasteiger partial charge in [0.2, 0.25) is 0 Å². The van der Waals surface area contributed by atoms with Crippen LogP contribution in [-0.2, 0) is 0 Å². The maximum Gasteiger partial charge on any atom is 0.0738 e. The predicted octanol–water partition coefficient (Wildman–Crippen LogP) is 0.106. The Kier molecular flexibility index (Phi) is 2.26. The molecule has 0 saturated carbocycles. The molecular weight excluding hydrogens is 90.1 g/mol. The van der Waals surface area contributed by atoms with Crippen molar-refractivity contribution in [1.82, 2.24) is 0 Å². The van der Waals surface area contributed by atoms with Gasteiger partial charge in [-0.1, -0.05) is 6.92 Å². The molecule has 0 aliphatic carbocycles. The van der Waals surface area contributed by atoms with Gasteiger partial charge in [-0.2, -0.15) is 0 Å². The third kappa shape index (κ3) is 2.60. The van der Waals surface area contributed by atoms with Crippen molar-refractivity contribution in [2.24, 2.45) is 5.73 Å². The van der Waals surface area contributed by atoms with Crippen LogP contribution in [0.1, 0.15) is 20.3 Å². The summed E-state index contributed by atoms with van der Waals surface area (Å²) < 4.78 is 0. The van der Waals surface area contributed by atoms with Gasteiger partial charge >= 0.3 is 0 Å². The summed E-state index contributed by atoms with van der Waals surface area (Å²) in [6.07, 6.45) is 0.726. The molecule has 0 fully saturated rings. The van der Waals surface area contributed by atoms with E-state index in [1.54, 1.807) is 6.92 Å². The van der Waals surface area contributed by atoms with Crippen LogP contribution in [-0.4, -0.2) is 17.3 Å². The molecule has 0 aromatic heterocycles. The van der Waals surface area contributed by atoms with Gasteiger partial charge in [0.05, 0.1) is 5.60 Å². The fourth-order valence-electron chi connectivity index (χ4n) is 0.144. The fraction of sp³-hybridized carbons (Fsp3) is 1.00. The van der Waals surface area contributed by atoms with Gasteiger partial charge in [0, 0.05) is 6.54 Å². The van der Waals surface area contributed by atoms with Gasteiger partial charge in [-0.05, 0) is 13.3 Å². The van der Waals surface area contributed by atoms with Crippen molar-refractivity contribution in [2.45, 2.75) is 25.9 Å². The monoisotopic (exact) mass is 103 g/mol. The molecular formula is C5H13NO. The Morgan fingerprint density at radius 2 is 2.14 bits per heavy atom. The van der Waals surface area contributed by atoms with Crippen LogP contribution in [0.25, 0.3) is 0 Å². The molecule has 0 heterocycles. The van der Waals surface area contributed by atoms with E-state index in [9.17, 15) is 0 Å². The van der Waals surface area contributed by atoms with Crippen molar-refractivity contribution >= 4 is 0 Å². The molecule has 0 aromatic carbocycles. The van der Waals surface area contributed by atoms with Crippen molar-refractivity contribution in [3.63, 3.8) is 0 Å². The predicted molar refractivity (Wildman–Crippen MR) is 30.0 cm³/mol. The average molecular weight is 103 g/mol. The van der Waals surface area contributed by atoms with E-state index in [1.807, 2.05) is 6.92 Å². The fourth-order valence-corrected chi connectivity index (χ4v) is 0.144. The van der Waals surface area contributed by atoms with Crippen molar-refractivity contribution in [3.05, 3.63) is 0 Å². The summed E-state index contributed by atoms with van der Waals surface area (Å²) in [7, 11) is 0. The second-order valence-corrected chi connectivity index (χ2v) is 2.05. The lowest BCUT2D eigenvalue weighted by molar-refractivity contribution is 0.0652. The molecule has 0 bridgehead atoms. The van der Waals surface area contributed by atoms with Crippen molar-refractivity contribution in [1.29, 1.82) is 0 Å². The maximum atomic E-state index is 9.01. The van der Waals surface area contributed by atoms with Crippen LogP contribution in [0.2, 0.25) is 0 Å². The molecule has 0 aromatic rings. The summed E-state index contributed by atoms with van der Waals surface area (Å²) in [5, 5.41) is 9.01. The van der Waals surface area contributed by atoms with Gasteiger partial charge in [0.25, 0.3) is 0 Å². The van der Waals surface area contributed by atoms with Gasteiger partial charge in [-0.15, -0.1) is 0 Å². The molecule has 7 heavy (non-hydrogen) atoms. The molecule has 0 unspecified atom stereocenters. The smallest absolute Gasteiger partial charge is 0.0738 e. The first-order chi connectivity index (χ1) is 3.12. The van der Waals surface area contributed by atoms with Crippen molar-refractivity contribution in [3.8, 4) is 0 Å². The highest BCUT2D eigenvalue weighted by Gasteiger charge is 2.12. The summed E-state index contributed by atoms with van der Waals surface area (Å²) >= 11 is 0. The Morgan fingerprint density at radius 3 is 2.14 bits per heavy atom. The minimum absolute atomic E-state index is 0.351. The standard InChI is InChI=1S/C5H13NO/c1-3-5(2,7)4-6/h7H,3-4,6H2,1-2H3/t5-/m0/s1. The Bertz CT molecular complexity index is 46.0. The minimum Gasteiger partial charge on any atom is -0.389 e. The molecule has 0 radical (unpaired) electrons. The van der Waals surface area contributed by atoms with E-state index in [1.165, 1.54) is 0 Å². The quantitative estimate of drug-likeness (QED) is 0.521. The third-order valence-electron chi connectivity index (χ3n) is 1.20. The Morgan fingerprint density at radius 1 is 1.71 bits per heavy atom. The Balaban J connectivity index is 3.36. The van der Waals surface area contributed by atoms with Gasteiger partial charge in [-0.3, -0.25) is 0 Å². The van der Waals surface area contributed by atoms with Crippen LogP contribution in [0.5, 0.6) is 0 Å². The minimum atomic E-state index is -0.639. The second kappa shape index (κ2) is 2.28. The average Bonchev–Trinajstić information content (AvgIpc) is 1.68. The van der Waals surface area contributed by atoms with Gasteiger partial charge in [0.15, 0.2) is 0 Å². The van der Waals surface area contributed by atoms with E-state index in [2.05, 4.69) is 0 Å². The summed E-state index contributed by atoms with van der Waals surface area (Å²) in [6, 6.07) is 0. The zero-order valence-corrected chi connectivity index (χ0v) is 4.94. The van der Waals surface area contributed by atoms with Crippen LogP contribution in [0.3, 0.4) is 0 Å². The van der Waals surface area contributed by atoms with E-state index in [-0.39, 0.29) is 0 Å². The van der Waals surface area contributed by atoms with E-state index in [0.717, 1.165) is 6.42 Å². The molecule has 0 aliphatic rings. The second-order valence-electron chi connectivity index (χ2n) is 2.05. The van der Waals surface area contributed by atoms with Crippen molar-refractivity contribution < 1.29 is 5.11 Å². The number of rotatable bonds is 2. The zero-order chi connectivity index (χ0) is 5.91. The Labute approximate surface area is 44.3 Å². The highest BCUT2D eigenvalue weighted by molar-refractivity contribution is 4.69. The molecule has 0 saturated heterocycles. The third-order valence-corrected chi connectivity index (χ3v) is 1.20. The largest absolute Gasteiger partial charge is 0.389 e. The molecule has 2 nitrogen and oxygen atoms in total. The van der Waals surface area contributed by atoms with Gasteiger partial charge in [-0.25, -0.2) is 0 Å². The lowest BCUT2D eigenvalue weighted by Gasteiger charge is -2.17. The SMILES string of the molecule is CC[C@](C)(O)CN. The first-order valence-electron chi connectivity index (χ1n) is 2.55. The molecule has 1 atom stereocenters. The van der Waals surface area contributed by atoms with E-state index < -0.39 is 5.60 Å². The number of hydrogen-bond acceptors (Lipinski definition) is 2. The zero-order valence-electron chi connectivity index (χ0n) is 4.94. The summed E-state index contributed by atoms with van der Waals surface area (Å²) in [4.78, 5) is 0. The number of aliphatic hydroxyl groups is 1. The van der Waals surface area contributed by atoms with Gasteiger partial charge in [0.1, 0.15) is 0 Å².